The van der Waals surface area contributed by atoms with Gasteiger partial charge < -0.3 is 4.42 Å². The van der Waals surface area contributed by atoms with Crippen LogP contribution in [-0.4, -0.2) is 21.7 Å². The Labute approximate surface area is 85.5 Å². The maximum absolute atomic E-state index is 10.5. The Balaban J connectivity index is 2.03. The lowest BCUT2D eigenvalue weighted by Gasteiger charge is -2.06. The molecule has 1 aliphatic rings. The molecule has 0 aromatic carbocycles. The summed E-state index contributed by atoms with van der Waals surface area (Å²) >= 11 is 0. The lowest BCUT2D eigenvalue weighted by atomic mass is 10.0. The Kier molecular flexibility index (Phi) is 1.56. The molecular weight excluding hydrogens is 194 g/mol. The van der Waals surface area contributed by atoms with E-state index in [4.69, 9.17) is 4.42 Å². The molecule has 1 aliphatic carbocycles. The monoisotopic (exact) mass is 203 g/mol. The Morgan fingerprint density at radius 3 is 2.87 bits per heavy atom. The molecule has 1 saturated carbocycles. The van der Waals surface area contributed by atoms with E-state index in [2.05, 4.69) is 15.4 Å². The van der Waals surface area contributed by atoms with Crippen LogP contribution < -0.4 is 0 Å². The van der Waals surface area contributed by atoms with Crippen LogP contribution >= 0.6 is 0 Å². The lowest BCUT2D eigenvalue weighted by Crippen LogP contribution is -2.07. The Bertz CT molecular complexity index is 483. The van der Waals surface area contributed by atoms with Crippen LogP contribution in [0.25, 0.3) is 0 Å². The zero-order valence-electron chi connectivity index (χ0n) is 7.93. The number of H-pyrrole nitrogens is 1. The average molecular weight is 203 g/mol. The third-order valence-corrected chi connectivity index (χ3v) is 2.87. The fourth-order valence-electron chi connectivity index (χ4n) is 1.86. The molecule has 1 fully saturated rings. The molecule has 0 unspecified atom stereocenters. The van der Waals surface area contributed by atoms with Crippen molar-refractivity contribution in [1.82, 2.24) is 15.4 Å². The number of aldehydes is 1. The molecule has 0 spiro atoms. The van der Waals surface area contributed by atoms with E-state index in [0.29, 0.717) is 12.0 Å². The van der Waals surface area contributed by atoms with E-state index in [1.165, 1.54) is 0 Å². The second kappa shape index (κ2) is 2.79. The number of nitrogens with zero attached hydrogens (tertiary/aromatic N) is 2. The van der Waals surface area contributed by atoms with Gasteiger partial charge in [0.25, 0.3) is 0 Å². The van der Waals surface area contributed by atoms with Crippen LogP contribution in [0.4, 0.5) is 0 Å². The molecule has 0 bridgehead atoms. The van der Waals surface area contributed by atoms with Crippen molar-refractivity contribution >= 4 is 6.29 Å². The summed E-state index contributed by atoms with van der Waals surface area (Å²) in [6.45, 7) is 0. The number of carbonyl (C=O) groups is 1. The van der Waals surface area contributed by atoms with Crippen LogP contribution in [0.5, 0.6) is 0 Å². The molecule has 5 heteroatoms. The van der Waals surface area contributed by atoms with Gasteiger partial charge in [0, 0.05) is 0 Å². The number of carbonyl (C=O) groups excluding carboxylic acids is 1. The van der Waals surface area contributed by atoms with Gasteiger partial charge in [-0.1, -0.05) is 0 Å². The van der Waals surface area contributed by atoms with Gasteiger partial charge in [-0.3, -0.25) is 4.79 Å². The molecule has 2 aromatic rings. The van der Waals surface area contributed by atoms with Crippen LogP contribution in [0.2, 0.25) is 0 Å². The molecule has 5 nitrogen and oxygen atoms in total. The van der Waals surface area contributed by atoms with Crippen LogP contribution in [0.3, 0.4) is 0 Å². The van der Waals surface area contributed by atoms with Crippen molar-refractivity contribution in [3.63, 3.8) is 0 Å². The maximum atomic E-state index is 10.5. The van der Waals surface area contributed by atoms with E-state index in [1.807, 2.05) is 6.07 Å². The first-order valence-corrected chi connectivity index (χ1v) is 4.77. The quantitative estimate of drug-likeness (QED) is 0.763. The molecule has 15 heavy (non-hydrogen) atoms. The Morgan fingerprint density at radius 1 is 1.47 bits per heavy atom. The van der Waals surface area contributed by atoms with Crippen molar-refractivity contribution in [2.24, 2.45) is 0 Å². The SMILES string of the molecule is O=Cc1ccc(C2(c3cn[nH]n3)CC2)o1. The summed E-state index contributed by atoms with van der Waals surface area (Å²) in [5.74, 6) is 1.17. The second-order valence-corrected chi connectivity index (χ2v) is 3.76. The molecule has 76 valence electrons. The Morgan fingerprint density at radius 2 is 2.33 bits per heavy atom. The van der Waals surface area contributed by atoms with E-state index in [9.17, 15) is 4.79 Å². The van der Waals surface area contributed by atoms with Crippen molar-refractivity contribution < 1.29 is 9.21 Å². The number of hydrogen-bond donors (Lipinski definition) is 1. The topological polar surface area (TPSA) is 71.8 Å². The zero-order valence-corrected chi connectivity index (χ0v) is 7.93. The first kappa shape index (κ1) is 8.40. The number of rotatable bonds is 3. The van der Waals surface area contributed by atoms with E-state index in [0.717, 1.165) is 24.3 Å². The summed E-state index contributed by atoms with van der Waals surface area (Å²) in [5, 5.41) is 10.5. The van der Waals surface area contributed by atoms with Gasteiger partial charge in [0.2, 0.25) is 0 Å². The van der Waals surface area contributed by atoms with Crippen molar-refractivity contribution in [2.75, 3.05) is 0 Å². The van der Waals surface area contributed by atoms with E-state index in [1.54, 1.807) is 12.3 Å². The normalized spacial score (nSPS) is 17.6. The minimum absolute atomic E-state index is 0.145. The fourth-order valence-corrected chi connectivity index (χ4v) is 1.86. The summed E-state index contributed by atoms with van der Waals surface area (Å²) in [4.78, 5) is 10.5. The smallest absolute Gasteiger partial charge is 0.185 e. The van der Waals surface area contributed by atoms with Crippen molar-refractivity contribution in [1.29, 1.82) is 0 Å². The molecule has 0 aliphatic heterocycles. The summed E-state index contributed by atoms with van der Waals surface area (Å²) in [6, 6.07) is 3.52. The molecule has 2 aromatic heterocycles. The predicted molar refractivity (Wildman–Crippen MR) is 50.5 cm³/mol. The third kappa shape index (κ3) is 1.12. The highest BCUT2D eigenvalue weighted by Crippen LogP contribution is 2.52. The molecular formula is C10H9N3O2. The van der Waals surface area contributed by atoms with Gasteiger partial charge in [-0.25, -0.2) is 0 Å². The minimum Gasteiger partial charge on any atom is -0.457 e. The second-order valence-electron chi connectivity index (χ2n) is 3.76. The third-order valence-electron chi connectivity index (χ3n) is 2.87. The zero-order chi connectivity index (χ0) is 10.3. The Hall–Kier alpha value is -1.91. The molecule has 1 N–H and O–H groups in total. The molecule has 0 atom stereocenters. The highest BCUT2D eigenvalue weighted by molar-refractivity contribution is 5.70. The van der Waals surface area contributed by atoms with Crippen LogP contribution in [0.15, 0.2) is 22.7 Å². The summed E-state index contributed by atoms with van der Waals surface area (Å²) in [6.07, 6.45) is 4.40. The molecule has 0 radical (unpaired) electrons. The number of hydrogen-bond acceptors (Lipinski definition) is 4. The van der Waals surface area contributed by atoms with E-state index in [-0.39, 0.29) is 5.41 Å². The fraction of sp³-hybridized carbons (Fsp3) is 0.300. The number of furan rings is 1. The van der Waals surface area contributed by atoms with E-state index < -0.39 is 0 Å². The minimum atomic E-state index is -0.145. The van der Waals surface area contributed by atoms with Gasteiger partial charge in [-0.15, -0.1) is 0 Å². The van der Waals surface area contributed by atoms with E-state index >= 15 is 0 Å². The number of aromatic nitrogens is 3. The molecule has 0 saturated heterocycles. The molecule has 3 rings (SSSR count). The number of aromatic amines is 1. The van der Waals surface area contributed by atoms with Gasteiger partial charge in [-0.2, -0.15) is 15.4 Å². The van der Waals surface area contributed by atoms with Crippen molar-refractivity contribution in [3.05, 3.63) is 35.5 Å². The van der Waals surface area contributed by atoms with Crippen LogP contribution in [0, 0.1) is 0 Å². The number of nitrogens with one attached hydrogen (secondary N) is 1. The highest BCUT2D eigenvalue weighted by Gasteiger charge is 2.50. The highest BCUT2D eigenvalue weighted by atomic mass is 16.3. The van der Waals surface area contributed by atoms with Gasteiger partial charge in [0.15, 0.2) is 12.0 Å². The summed E-state index contributed by atoms with van der Waals surface area (Å²) in [5.41, 5.74) is 0.739. The summed E-state index contributed by atoms with van der Waals surface area (Å²) < 4.78 is 5.43. The van der Waals surface area contributed by atoms with Gasteiger partial charge >= 0.3 is 0 Å². The maximum Gasteiger partial charge on any atom is 0.185 e. The standard InChI is InChI=1S/C10H9N3O2/c14-6-7-1-2-9(15-7)10(3-4-10)8-5-11-13-12-8/h1-2,5-6H,3-4H2,(H,11,12,13). The molecule has 0 amide bonds. The largest absolute Gasteiger partial charge is 0.457 e. The first-order chi connectivity index (χ1) is 7.35. The van der Waals surface area contributed by atoms with Gasteiger partial charge in [0.05, 0.1) is 17.3 Å². The van der Waals surface area contributed by atoms with Gasteiger partial charge in [0.1, 0.15) is 5.76 Å². The van der Waals surface area contributed by atoms with Crippen LogP contribution in [-0.2, 0) is 5.41 Å². The average Bonchev–Trinajstić information content (AvgIpc) is 2.76. The first-order valence-electron chi connectivity index (χ1n) is 4.77. The molecule has 2 heterocycles. The lowest BCUT2D eigenvalue weighted by molar-refractivity contribution is 0.109. The van der Waals surface area contributed by atoms with Crippen molar-refractivity contribution in [3.8, 4) is 0 Å². The predicted octanol–water partition coefficient (Wildman–Crippen LogP) is 1.29. The van der Waals surface area contributed by atoms with Gasteiger partial charge in [-0.05, 0) is 25.0 Å². The van der Waals surface area contributed by atoms with Crippen LogP contribution in [0.1, 0.15) is 34.9 Å². The van der Waals surface area contributed by atoms with Crippen molar-refractivity contribution in [2.45, 2.75) is 18.3 Å². The summed E-state index contributed by atoms with van der Waals surface area (Å²) in [7, 11) is 0.